The summed E-state index contributed by atoms with van der Waals surface area (Å²) in [5, 5.41) is 9.37. The number of ketones is 2. The van der Waals surface area contributed by atoms with Crippen molar-refractivity contribution < 1.29 is 14.7 Å². The molecule has 3 nitrogen and oxygen atoms in total. The van der Waals surface area contributed by atoms with E-state index in [1.165, 1.54) is 0 Å². The second-order valence-electron chi connectivity index (χ2n) is 3.06. The fourth-order valence-corrected chi connectivity index (χ4v) is 1.56. The Morgan fingerprint density at radius 2 is 2.08 bits per heavy atom. The molecule has 0 spiro atoms. The summed E-state index contributed by atoms with van der Waals surface area (Å²) in [6.07, 6.45) is 5.86. The summed E-state index contributed by atoms with van der Waals surface area (Å²) in [6, 6.07) is 0. The van der Waals surface area contributed by atoms with Crippen LogP contribution in [0, 0.1) is 0 Å². The number of aliphatic hydroxyl groups excluding tert-OH is 1. The molecule has 0 fully saturated rings. The highest BCUT2D eigenvalue weighted by atomic mass is 16.3. The monoisotopic (exact) mass is 176 g/mol. The Bertz CT molecular complexity index is 383. The van der Waals surface area contributed by atoms with Gasteiger partial charge >= 0.3 is 0 Å². The third-order valence-electron chi connectivity index (χ3n) is 2.21. The lowest BCUT2D eigenvalue weighted by atomic mass is 9.87. The van der Waals surface area contributed by atoms with E-state index >= 15 is 0 Å². The summed E-state index contributed by atoms with van der Waals surface area (Å²) in [7, 11) is 0. The van der Waals surface area contributed by atoms with Gasteiger partial charge in [-0.3, -0.25) is 9.59 Å². The van der Waals surface area contributed by atoms with E-state index in [9.17, 15) is 14.7 Å². The quantitative estimate of drug-likeness (QED) is 0.446. The molecule has 0 aromatic carbocycles. The molecule has 66 valence electrons. The van der Waals surface area contributed by atoms with E-state index in [1.807, 2.05) is 6.08 Å². The van der Waals surface area contributed by atoms with E-state index in [0.29, 0.717) is 17.6 Å². The van der Waals surface area contributed by atoms with Gasteiger partial charge in [-0.15, -0.1) is 0 Å². The number of hydrogen-bond acceptors (Lipinski definition) is 3. The van der Waals surface area contributed by atoms with Crippen LogP contribution >= 0.6 is 0 Å². The molecule has 0 saturated heterocycles. The van der Waals surface area contributed by atoms with E-state index in [-0.39, 0.29) is 5.76 Å². The minimum Gasteiger partial charge on any atom is -0.507 e. The predicted molar refractivity (Wildman–Crippen MR) is 46.1 cm³/mol. The fraction of sp³-hybridized carbons (Fsp3) is 0.200. The van der Waals surface area contributed by atoms with Crippen LogP contribution in [0.5, 0.6) is 0 Å². The lowest BCUT2D eigenvalue weighted by Gasteiger charge is -2.16. The molecule has 0 heterocycles. The molecule has 0 amide bonds. The van der Waals surface area contributed by atoms with Crippen molar-refractivity contribution in [2.24, 2.45) is 0 Å². The van der Waals surface area contributed by atoms with Crippen LogP contribution in [-0.4, -0.2) is 16.7 Å². The van der Waals surface area contributed by atoms with Crippen LogP contribution < -0.4 is 0 Å². The van der Waals surface area contributed by atoms with E-state index in [0.717, 1.165) is 12.5 Å². The van der Waals surface area contributed by atoms with Crippen molar-refractivity contribution in [1.82, 2.24) is 0 Å². The minimum absolute atomic E-state index is 0.0875. The van der Waals surface area contributed by atoms with Gasteiger partial charge in [0.1, 0.15) is 5.76 Å². The molecule has 0 radical (unpaired) electrons. The summed E-state index contributed by atoms with van der Waals surface area (Å²) >= 11 is 0. The number of hydrogen-bond donors (Lipinski definition) is 1. The zero-order chi connectivity index (χ0) is 9.42. The molecule has 0 aromatic heterocycles. The number of carbonyl (C=O) groups is 2. The predicted octanol–water partition coefficient (Wildman–Crippen LogP) is 1.23. The number of allylic oxidation sites excluding steroid dienone is 4. The maximum Gasteiger partial charge on any atom is 0.229 e. The molecule has 0 aromatic rings. The Morgan fingerprint density at radius 1 is 1.31 bits per heavy atom. The summed E-state index contributed by atoms with van der Waals surface area (Å²) in [5.41, 5.74) is 0.961. The van der Waals surface area contributed by atoms with Crippen molar-refractivity contribution >= 4 is 11.6 Å². The average molecular weight is 176 g/mol. The Hall–Kier alpha value is -1.64. The van der Waals surface area contributed by atoms with Crippen LogP contribution in [0.4, 0.5) is 0 Å². The first-order chi connectivity index (χ1) is 6.20. The highest BCUT2D eigenvalue weighted by Crippen LogP contribution is 2.27. The standard InChI is InChI=1S/C10H8O3/c11-8-5-9(12)10(13)7-4-2-1-3-6(7)8/h1,3,5,11H,2,4H2. The number of Topliss-reactive ketones (excluding diaryl/α,β-unsaturated/α-hetero) is 1. The van der Waals surface area contributed by atoms with Gasteiger partial charge in [0.25, 0.3) is 0 Å². The molecule has 0 bridgehead atoms. The van der Waals surface area contributed by atoms with Gasteiger partial charge in [-0.2, -0.15) is 0 Å². The van der Waals surface area contributed by atoms with Crippen molar-refractivity contribution in [2.45, 2.75) is 12.8 Å². The van der Waals surface area contributed by atoms with Gasteiger partial charge < -0.3 is 5.11 Å². The van der Waals surface area contributed by atoms with Crippen LogP contribution in [0.15, 0.2) is 35.1 Å². The molecular weight excluding hydrogens is 168 g/mol. The first-order valence-electron chi connectivity index (χ1n) is 4.09. The van der Waals surface area contributed by atoms with Gasteiger partial charge in [-0.1, -0.05) is 12.2 Å². The van der Waals surface area contributed by atoms with E-state index < -0.39 is 11.6 Å². The van der Waals surface area contributed by atoms with Crippen LogP contribution in [0.2, 0.25) is 0 Å². The van der Waals surface area contributed by atoms with Crippen molar-refractivity contribution in [2.75, 3.05) is 0 Å². The molecule has 2 aliphatic carbocycles. The van der Waals surface area contributed by atoms with Gasteiger partial charge in [0.15, 0.2) is 0 Å². The smallest absolute Gasteiger partial charge is 0.229 e. The molecule has 0 saturated carbocycles. The molecule has 13 heavy (non-hydrogen) atoms. The van der Waals surface area contributed by atoms with Crippen molar-refractivity contribution in [3.63, 3.8) is 0 Å². The molecule has 3 heteroatoms. The summed E-state index contributed by atoms with van der Waals surface area (Å²) < 4.78 is 0. The molecule has 0 aliphatic heterocycles. The Labute approximate surface area is 75.1 Å². The highest BCUT2D eigenvalue weighted by Gasteiger charge is 2.27. The van der Waals surface area contributed by atoms with Crippen LogP contribution in [0.3, 0.4) is 0 Å². The zero-order valence-corrected chi connectivity index (χ0v) is 6.91. The van der Waals surface area contributed by atoms with Crippen LogP contribution in [0.1, 0.15) is 12.8 Å². The van der Waals surface area contributed by atoms with E-state index in [4.69, 9.17) is 0 Å². The fourth-order valence-electron chi connectivity index (χ4n) is 1.56. The number of carbonyl (C=O) groups excluding carboxylic acids is 2. The minimum atomic E-state index is -0.619. The van der Waals surface area contributed by atoms with Gasteiger partial charge in [-0.25, -0.2) is 0 Å². The van der Waals surface area contributed by atoms with Crippen molar-refractivity contribution in [3.05, 3.63) is 35.1 Å². The van der Waals surface area contributed by atoms with Crippen LogP contribution in [0.25, 0.3) is 0 Å². The van der Waals surface area contributed by atoms with Gasteiger partial charge in [0.2, 0.25) is 11.6 Å². The second kappa shape index (κ2) is 2.69. The van der Waals surface area contributed by atoms with E-state index in [2.05, 4.69) is 0 Å². The summed E-state index contributed by atoms with van der Waals surface area (Å²) in [6.45, 7) is 0. The first kappa shape index (κ1) is 7.98. The number of rotatable bonds is 0. The van der Waals surface area contributed by atoms with Crippen molar-refractivity contribution in [1.29, 1.82) is 0 Å². The molecular formula is C10H8O3. The van der Waals surface area contributed by atoms with E-state index in [1.54, 1.807) is 6.08 Å². The largest absolute Gasteiger partial charge is 0.507 e. The zero-order valence-electron chi connectivity index (χ0n) is 6.91. The molecule has 2 aliphatic rings. The first-order valence-corrected chi connectivity index (χ1v) is 4.09. The normalized spacial score (nSPS) is 21.7. The second-order valence-corrected chi connectivity index (χ2v) is 3.06. The Kier molecular flexibility index (Phi) is 1.65. The maximum absolute atomic E-state index is 11.3. The SMILES string of the molecule is O=C1C=C(O)C2=C(CCC=C2)C1=O. The summed E-state index contributed by atoms with van der Waals surface area (Å²) in [4.78, 5) is 22.3. The van der Waals surface area contributed by atoms with Gasteiger partial charge in [-0.05, 0) is 12.8 Å². The maximum atomic E-state index is 11.3. The lowest BCUT2D eigenvalue weighted by molar-refractivity contribution is -0.131. The molecule has 1 N–H and O–H groups in total. The average Bonchev–Trinajstić information content (AvgIpc) is 2.15. The number of aliphatic hydroxyl groups is 1. The molecule has 2 rings (SSSR count). The topological polar surface area (TPSA) is 54.4 Å². The third kappa shape index (κ3) is 1.13. The van der Waals surface area contributed by atoms with Crippen molar-refractivity contribution in [3.8, 4) is 0 Å². The summed E-state index contributed by atoms with van der Waals surface area (Å²) in [5.74, 6) is -1.18. The van der Waals surface area contributed by atoms with Gasteiger partial charge in [0, 0.05) is 17.2 Å². The van der Waals surface area contributed by atoms with Crippen LogP contribution in [-0.2, 0) is 9.59 Å². The highest BCUT2D eigenvalue weighted by molar-refractivity contribution is 6.48. The Morgan fingerprint density at radius 3 is 2.85 bits per heavy atom. The van der Waals surface area contributed by atoms with Gasteiger partial charge in [0.05, 0.1) is 0 Å². The Balaban J connectivity index is 2.55. The molecule has 0 unspecified atom stereocenters. The molecule has 0 atom stereocenters. The lowest BCUT2D eigenvalue weighted by Crippen LogP contribution is -2.21. The third-order valence-corrected chi connectivity index (χ3v) is 2.21.